The molecule has 0 saturated heterocycles. The minimum absolute atomic E-state index is 0.0122. The van der Waals surface area contributed by atoms with Crippen molar-refractivity contribution in [2.24, 2.45) is 0 Å². The zero-order valence-corrected chi connectivity index (χ0v) is 37.1. The van der Waals surface area contributed by atoms with Gasteiger partial charge in [0.15, 0.2) is 0 Å². The molecule has 0 aliphatic rings. The Kier molecular flexibility index (Phi) is 35.8. The van der Waals surface area contributed by atoms with Gasteiger partial charge in [-0.1, -0.05) is 177 Å². The standard InChI is InChI=1S/C46H83N2O7P/c1-6-8-10-11-12-13-14-15-18-21-24-27-30-34-38-45(50)44(42-55-56(52,53)54-41-40-48(3,4)5)47-46(51)39-35-31-28-25-22-19-16-17-20-23-26-29-33-37-43(49)36-32-9-7-2/h9,17,19-20,22,26,28-29,31-33,37,43-45,49-50H,6-8,10-16,18,21,23-25,27,30,34-36,38-42H2,1-5H3,(H-,47,51,52,53)/b20-17-,22-19-,29-26+,31-28-,32-9-,37-33+/t43?,44-,45+/m0/s1. The maximum Gasteiger partial charge on any atom is 0.268 e. The summed E-state index contributed by atoms with van der Waals surface area (Å²) < 4.78 is 23.2. The Morgan fingerprint density at radius 1 is 0.714 bits per heavy atom. The van der Waals surface area contributed by atoms with Gasteiger partial charge in [0.2, 0.25) is 5.91 Å². The summed E-state index contributed by atoms with van der Waals surface area (Å²) in [6.45, 7) is 4.43. The van der Waals surface area contributed by atoms with Crippen molar-refractivity contribution in [3.05, 3.63) is 72.9 Å². The Bertz CT molecular complexity index is 1160. The molecule has 0 bridgehead atoms. The summed E-state index contributed by atoms with van der Waals surface area (Å²) in [4.78, 5) is 25.3. The van der Waals surface area contributed by atoms with Crippen LogP contribution in [0.3, 0.4) is 0 Å². The molecule has 0 aliphatic heterocycles. The molecule has 2 unspecified atom stereocenters. The van der Waals surface area contributed by atoms with Crippen molar-refractivity contribution in [2.75, 3.05) is 40.9 Å². The van der Waals surface area contributed by atoms with E-state index in [2.05, 4.69) is 49.5 Å². The van der Waals surface area contributed by atoms with Crippen molar-refractivity contribution in [1.82, 2.24) is 5.32 Å². The van der Waals surface area contributed by atoms with Crippen molar-refractivity contribution >= 4 is 13.7 Å². The number of quaternary nitrogens is 1. The van der Waals surface area contributed by atoms with Crippen LogP contribution in [-0.2, 0) is 18.4 Å². The van der Waals surface area contributed by atoms with Crippen LogP contribution in [0.5, 0.6) is 0 Å². The van der Waals surface area contributed by atoms with Gasteiger partial charge in [-0.05, 0) is 44.9 Å². The van der Waals surface area contributed by atoms with Crippen LogP contribution in [0.25, 0.3) is 0 Å². The molecule has 3 N–H and O–H groups in total. The second-order valence-electron chi connectivity index (χ2n) is 15.9. The fraction of sp³-hybridized carbons (Fsp3) is 0.717. The fourth-order valence-electron chi connectivity index (χ4n) is 5.79. The first-order chi connectivity index (χ1) is 26.9. The van der Waals surface area contributed by atoms with Crippen LogP contribution in [0.15, 0.2) is 72.9 Å². The van der Waals surface area contributed by atoms with Gasteiger partial charge in [0.05, 0.1) is 46.0 Å². The van der Waals surface area contributed by atoms with Crippen LogP contribution in [-0.4, -0.2) is 79.8 Å². The Labute approximate surface area is 343 Å². The minimum atomic E-state index is -4.60. The molecule has 0 heterocycles. The Balaban J connectivity index is 4.57. The number of allylic oxidation sites excluding steroid dienone is 10. The van der Waals surface area contributed by atoms with Gasteiger partial charge in [-0.15, -0.1) is 0 Å². The van der Waals surface area contributed by atoms with Gasteiger partial charge in [0.25, 0.3) is 7.82 Å². The lowest BCUT2D eigenvalue weighted by Gasteiger charge is -2.30. The monoisotopic (exact) mass is 807 g/mol. The Hall–Kier alpha value is -2.10. The molecule has 0 rings (SSSR count). The van der Waals surface area contributed by atoms with E-state index in [9.17, 15) is 24.5 Å². The van der Waals surface area contributed by atoms with Crippen molar-refractivity contribution in [2.45, 2.75) is 173 Å². The third kappa shape index (κ3) is 38.8. The van der Waals surface area contributed by atoms with E-state index in [1.54, 1.807) is 6.08 Å². The SMILES string of the molecule is CC/C=C\CC(O)/C=C/C=C/C/C=C\C/C=C\C/C=C\CCC(=O)N[C@@H](COP(=O)([O-])OCC[N+](C)(C)C)[C@H](O)CCCCCCCCCCCCCCCC. The molecule has 1 amide bonds. The summed E-state index contributed by atoms with van der Waals surface area (Å²) in [5.74, 6) is -0.263. The summed E-state index contributed by atoms with van der Waals surface area (Å²) >= 11 is 0. The lowest BCUT2D eigenvalue weighted by Crippen LogP contribution is -2.46. The normalized spacial score (nSPS) is 15.6. The molecular formula is C46H83N2O7P. The van der Waals surface area contributed by atoms with E-state index in [4.69, 9.17) is 9.05 Å². The smallest absolute Gasteiger partial charge is 0.268 e. The lowest BCUT2D eigenvalue weighted by atomic mass is 10.0. The zero-order valence-electron chi connectivity index (χ0n) is 36.2. The summed E-state index contributed by atoms with van der Waals surface area (Å²) in [5, 5.41) is 23.7. The number of nitrogens with one attached hydrogen (secondary N) is 1. The number of rotatable bonds is 38. The molecule has 0 fully saturated rings. The number of amides is 1. The molecule has 0 saturated carbocycles. The fourth-order valence-corrected chi connectivity index (χ4v) is 6.51. The molecule has 9 nitrogen and oxygen atoms in total. The number of carbonyl (C=O) groups excluding carboxylic acids is 1. The van der Waals surface area contributed by atoms with Crippen LogP contribution in [0.2, 0.25) is 0 Å². The number of unbranched alkanes of at least 4 members (excludes halogenated alkanes) is 13. The second kappa shape index (κ2) is 37.2. The minimum Gasteiger partial charge on any atom is -0.756 e. The van der Waals surface area contributed by atoms with E-state index in [-0.39, 0.29) is 25.5 Å². The first-order valence-corrected chi connectivity index (χ1v) is 23.4. The van der Waals surface area contributed by atoms with Gasteiger partial charge in [-0.3, -0.25) is 9.36 Å². The third-order valence-electron chi connectivity index (χ3n) is 9.30. The topological polar surface area (TPSA) is 128 Å². The molecule has 0 aromatic rings. The van der Waals surface area contributed by atoms with Gasteiger partial charge in [-0.25, -0.2) is 0 Å². The molecule has 324 valence electrons. The molecule has 0 radical (unpaired) electrons. The number of nitrogens with zero attached hydrogens (tertiary/aromatic N) is 1. The maximum atomic E-state index is 12.8. The van der Waals surface area contributed by atoms with Gasteiger partial charge >= 0.3 is 0 Å². The number of likely N-dealkylation sites (N-methyl/N-ethyl adjacent to an activating group) is 1. The Morgan fingerprint density at radius 3 is 1.80 bits per heavy atom. The first kappa shape index (κ1) is 53.9. The van der Waals surface area contributed by atoms with Crippen LogP contribution in [0, 0.1) is 0 Å². The van der Waals surface area contributed by atoms with Crippen molar-refractivity contribution in [3.8, 4) is 0 Å². The first-order valence-electron chi connectivity index (χ1n) is 21.9. The molecule has 0 aromatic heterocycles. The van der Waals surface area contributed by atoms with Gasteiger partial charge < -0.3 is 34.0 Å². The Morgan fingerprint density at radius 2 is 1.25 bits per heavy atom. The summed E-state index contributed by atoms with van der Waals surface area (Å²) in [5.41, 5.74) is 0. The third-order valence-corrected chi connectivity index (χ3v) is 10.3. The predicted octanol–water partition coefficient (Wildman–Crippen LogP) is 10.4. The number of hydrogen-bond donors (Lipinski definition) is 3. The summed E-state index contributed by atoms with van der Waals surface area (Å²) in [7, 11) is 1.22. The largest absolute Gasteiger partial charge is 0.756 e. The number of aliphatic hydroxyl groups is 2. The number of carbonyl (C=O) groups is 1. The molecule has 0 aromatic carbocycles. The molecule has 10 heteroatoms. The van der Waals surface area contributed by atoms with Crippen molar-refractivity contribution < 1.29 is 38.0 Å². The molecule has 0 aliphatic carbocycles. The van der Waals surface area contributed by atoms with Gasteiger partial charge in [-0.2, -0.15) is 0 Å². The molecular weight excluding hydrogens is 723 g/mol. The highest BCUT2D eigenvalue weighted by atomic mass is 31.2. The average Bonchev–Trinajstić information content (AvgIpc) is 3.14. The van der Waals surface area contributed by atoms with E-state index in [0.29, 0.717) is 30.3 Å². The lowest BCUT2D eigenvalue weighted by molar-refractivity contribution is -0.870. The van der Waals surface area contributed by atoms with Crippen LogP contribution >= 0.6 is 7.82 Å². The van der Waals surface area contributed by atoms with E-state index < -0.39 is 26.1 Å². The number of aliphatic hydroxyl groups excluding tert-OH is 2. The molecule has 4 atom stereocenters. The van der Waals surface area contributed by atoms with Gasteiger partial charge in [0, 0.05) is 6.42 Å². The van der Waals surface area contributed by atoms with Crippen LogP contribution in [0.1, 0.15) is 155 Å². The zero-order chi connectivity index (χ0) is 41.6. The van der Waals surface area contributed by atoms with Crippen molar-refractivity contribution in [3.63, 3.8) is 0 Å². The number of hydrogen-bond acceptors (Lipinski definition) is 7. The van der Waals surface area contributed by atoms with Crippen LogP contribution < -0.4 is 10.2 Å². The van der Waals surface area contributed by atoms with E-state index >= 15 is 0 Å². The predicted molar refractivity (Wildman–Crippen MR) is 234 cm³/mol. The highest BCUT2D eigenvalue weighted by molar-refractivity contribution is 7.45. The summed E-state index contributed by atoms with van der Waals surface area (Å²) in [6.07, 6.45) is 45.3. The highest BCUT2D eigenvalue weighted by Gasteiger charge is 2.24. The summed E-state index contributed by atoms with van der Waals surface area (Å²) in [6, 6.07) is -0.855. The van der Waals surface area contributed by atoms with E-state index in [1.165, 1.54) is 70.6 Å². The second-order valence-corrected chi connectivity index (χ2v) is 17.3. The van der Waals surface area contributed by atoms with Crippen molar-refractivity contribution in [1.29, 1.82) is 0 Å². The quantitative estimate of drug-likeness (QED) is 0.0186. The molecule has 56 heavy (non-hydrogen) atoms. The molecule has 0 spiro atoms. The van der Waals surface area contributed by atoms with Gasteiger partial charge in [0.1, 0.15) is 13.2 Å². The van der Waals surface area contributed by atoms with E-state index in [1.807, 2.05) is 57.6 Å². The number of phosphoric ester groups is 1. The highest BCUT2D eigenvalue weighted by Crippen LogP contribution is 2.38. The van der Waals surface area contributed by atoms with E-state index in [0.717, 1.165) is 44.9 Å². The van der Waals surface area contributed by atoms with Crippen LogP contribution in [0.4, 0.5) is 0 Å². The maximum absolute atomic E-state index is 12.8. The average molecular weight is 807 g/mol. The number of phosphoric acid groups is 1.